The Kier molecular flexibility index (Phi) is 73.1. The number of phosphoric acid groups is 2. The fourth-order valence-corrected chi connectivity index (χ4v) is 14.4. The van der Waals surface area contributed by atoms with Gasteiger partial charge >= 0.3 is 39.5 Å². The third kappa shape index (κ3) is 73.6. The van der Waals surface area contributed by atoms with Crippen molar-refractivity contribution in [2.75, 3.05) is 39.6 Å². The molecule has 606 valence electrons. The lowest BCUT2D eigenvalue weighted by molar-refractivity contribution is -0.161. The van der Waals surface area contributed by atoms with Gasteiger partial charge in [0.2, 0.25) is 0 Å². The highest BCUT2D eigenvalue weighted by Crippen LogP contribution is 2.45. The first-order valence-corrected chi connectivity index (χ1v) is 46.1. The Morgan fingerprint density at radius 3 is 0.696 bits per heavy atom. The summed E-state index contributed by atoms with van der Waals surface area (Å²) in [5.41, 5.74) is 0. The maximum absolute atomic E-state index is 13.1. The summed E-state index contributed by atoms with van der Waals surface area (Å²) in [6.07, 6.45) is 65.0. The Morgan fingerprint density at radius 1 is 0.275 bits per heavy atom. The van der Waals surface area contributed by atoms with Crippen LogP contribution in [0.15, 0.2) is 0 Å². The summed E-state index contributed by atoms with van der Waals surface area (Å²) in [7, 11) is -9.92. The molecule has 0 rings (SSSR count). The summed E-state index contributed by atoms with van der Waals surface area (Å²) in [5.74, 6) is -0.480. The van der Waals surface area contributed by atoms with Crippen LogP contribution in [0.25, 0.3) is 0 Å². The first-order chi connectivity index (χ1) is 49.4. The Balaban J connectivity index is 5.27. The van der Waals surface area contributed by atoms with E-state index in [0.717, 1.165) is 102 Å². The van der Waals surface area contributed by atoms with E-state index in [-0.39, 0.29) is 25.7 Å². The molecule has 0 aromatic carbocycles. The number of carbonyl (C=O) groups excluding carboxylic acids is 4. The molecular formula is C83H162O17P2. The van der Waals surface area contributed by atoms with Gasteiger partial charge < -0.3 is 33.8 Å². The zero-order valence-corrected chi connectivity index (χ0v) is 68.7. The van der Waals surface area contributed by atoms with Crippen molar-refractivity contribution in [3.8, 4) is 0 Å². The van der Waals surface area contributed by atoms with E-state index >= 15 is 0 Å². The predicted molar refractivity (Wildman–Crippen MR) is 418 cm³/mol. The van der Waals surface area contributed by atoms with Crippen LogP contribution in [0.5, 0.6) is 0 Å². The Morgan fingerprint density at radius 2 is 0.471 bits per heavy atom. The SMILES string of the molecule is CCCCCCCCCCCCCCCCCCC(=O)OC[C@H](COP(=O)(O)OC[C@@H](O)COP(=O)(O)OC[C@@H](COC(=O)CCCCCCCCCCC(C)CC)OC(=O)CCCCCCCCCCCCCCCCCC)OC(=O)CCCCCCCCCCCCCCCCC(C)CC. The van der Waals surface area contributed by atoms with Gasteiger partial charge in [0.1, 0.15) is 19.3 Å². The minimum Gasteiger partial charge on any atom is -0.462 e. The van der Waals surface area contributed by atoms with Gasteiger partial charge in [0.05, 0.1) is 26.4 Å². The van der Waals surface area contributed by atoms with E-state index < -0.39 is 97.5 Å². The van der Waals surface area contributed by atoms with Gasteiger partial charge in [-0.05, 0) is 37.5 Å². The number of aliphatic hydroxyl groups excluding tert-OH is 1. The van der Waals surface area contributed by atoms with Gasteiger partial charge in [-0.3, -0.25) is 37.3 Å². The highest BCUT2D eigenvalue weighted by molar-refractivity contribution is 7.47. The van der Waals surface area contributed by atoms with E-state index in [1.165, 1.54) is 257 Å². The summed E-state index contributed by atoms with van der Waals surface area (Å²) in [6.45, 7) is 9.72. The molecule has 0 heterocycles. The van der Waals surface area contributed by atoms with Gasteiger partial charge in [0.25, 0.3) is 0 Å². The molecule has 0 saturated heterocycles. The number of hydrogen-bond acceptors (Lipinski definition) is 15. The summed E-state index contributed by atoms with van der Waals surface area (Å²) in [4.78, 5) is 73.2. The molecule has 0 fully saturated rings. The molecular weight excluding hydrogens is 1330 g/mol. The minimum atomic E-state index is -4.96. The van der Waals surface area contributed by atoms with Crippen LogP contribution in [0.4, 0.5) is 0 Å². The van der Waals surface area contributed by atoms with Crippen LogP contribution < -0.4 is 0 Å². The van der Waals surface area contributed by atoms with Crippen molar-refractivity contribution in [3.63, 3.8) is 0 Å². The van der Waals surface area contributed by atoms with Crippen molar-refractivity contribution in [3.05, 3.63) is 0 Å². The smallest absolute Gasteiger partial charge is 0.462 e. The molecule has 17 nitrogen and oxygen atoms in total. The van der Waals surface area contributed by atoms with Crippen molar-refractivity contribution in [1.29, 1.82) is 0 Å². The number of rotatable bonds is 82. The van der Waals surface area contributed by atoms with E-state index in [2.05, 4.69) is 41.5 Å². The lowest BCUT2D eigenvalue weighted by Crippen LogP contribution is -2.30. The number of unbranched alkanes of at least 4 members (excludes halogenated alkanes) is 50. The van der Waals surface area contributed by atoms with Crippen molar-refractivity contribution in [2.24, 2.45) is 11.8 Å². The zero-order chi connectivity index (χ0) is 74.9. The van der Waals surface area contributed by atoms with Crippen LogP contribution >= 0.6 is 15.6 Å². The predicted octanol–water partition coefficient (Wildman–Crippen LogP) is 25.1. The average molecular weight is 1490 g/mol. The molecule has 4 unspecified atom stereocenters. The fourth-order valence-electron chi connectivity index (χ4n) is 12.8. The molecule has 0 radical (unpaired) electrons. The molecule has 0 aliphatic heterocycles. The molecule has 0 aromatic rings. The molecule has 0 amide bonds. The summed E-state index contributed by atoms with van der Waals surface area (Å²) < 4.78 is 68.8. The van der Waals surface area contributed by atoms with Crippen molar-refractivity contribution < 1.29 is 80.2 Å². The maximum atomic E-state index is 13.1. The van der Waals surface area contributed by atoms with Crippen LogP contribution in [0, 0.1) is 11.8 Å². The number of esters is 4. The molecule has 0 bridgehead atoms. The van der Waals surface area contributed by atoms with Crippen LogP contribution in [0.3, 0.4) is 0 Å². The fraction of sp³-hybridized carbons (Fsp3) is 0.952. The van der Waals surface area contributed by atoms with E-state index in [1.807, 2.05) is 0 Å². The number of aliphatic hydroxyl groups is 1. The Bertz CT molecular complexity index is 1960. The quantitative estimate of drug-likeness (QED) is 0.0222. The van der Waals surface area contributed by atoms with E-state index in [9.17, 15) is 43.2 Å². The number of phosphoric ester groups is 2. The molecule has 0 spiro atoms. The second-order valence-electron chi connectivity index (χ2n) is 30.4. The summed E-state index contributed by atoms with van der Waals surface area (Å²) in [5, 5.41) is 10.7. The molecule has 3 N–H and O–H groups in total. The first kappa shape index (κ1) is 100. The van der Waals surface area contributed by atoms with Crippen LogP contribution in [0.1, 0.15) is 440 Å². The first-order valence-electron chi connectivity index (χ1n) is 43.1. The van der Waals surface area contributed by atoms with Crippen molar-refractivity contribution in [1.82, 2.24) is 0 Å². The van der Waals surface area contributed by atoms with Gasteiger partial charge in [-0.15, -0.1) is 0 Å². The second-order valence-corrected chi connectivity index (χ2v) is 33.3. The van der Waals surface area contributed by atoms with Crippen molar-refractivity contribution in [2.45, 2.75) is 458 Å². The second kappa shape index (κ2) is 74.5. The number of hydrogen-bond donors (Lipinski definition) is 3. The van der Waals surface area contributed by atoms with Gasteiger partial charge in [-0.2, -0.15) is 0 Å². The van der Waals surface area contributed by atoms with Crippen LogP contribution in [-0.2, 0) is 65.4 Å². The van der Waals surface area contributed by atoms with E-state index in [4.69, 9.17) is 37.0 Å². The molecule has 19 heteroatoms. The van der Waals surface area contributed by atoms with Crippen LogP contribution in [-0.4, -0.2) is 96.7 Å². The maximum Gasteiger partial charge on any atom is 0.472 e. The average Bonchev–Trinajstić information content (AvgIpc) is 0.946. The Hall–Kier alpha value is -1.94. The van der Waals surface area contributed by atoms with Gasteiger partial charge in [0.15, 0.2) is 12.2 Å². The third-order valence-electron chi connectivity index (χ3n) is 20.2. The van der Waals surface area contributed by atoms with Gasteiger partial charge in [0, 0.05) is 25.7 Å². The topological polar surface area (TPSA) is 237 Å². The molecule has 0 aliphatic rings. The summed E-state index contributed by atoms with van der Waals surface area (Å²) >= 11 is 0. The van der Waals surface area contributed by atoms with Crippen molar-refractivity contribution >= 4 is 39.5 Å². The van der Waals surface area contributed by atoms with Gasteiger partial charge in [-0.25, -0.2) is 9.13 Å². The minimum absolute atomic E-state index is 0.108. The van der Waals surface area contributed by atoms with Gasteiger partial charge in [-0.1, -0.05) is 388 Å². The molecule has 0 aromatic heterocycles. The monoisotopic (exact) mass is 1490 g/mol. The summed E-state index contributed by atoms with van der Waals surface area (Å²) in [6, 6.07) is 0. The standard InChI is InChI=1S/C83H162O17P2/c1-7-11-13-15-17-19-21-23-25-27-32-36-40-47-53-59-65-80(85)93-71-78(99-82(87)68-62-56-50-42-38-34-30-29-31-35-39-45-51-57-63-75(5)9-3)73-97-101(89,90)95-69-77(84)70-96-102(91,92)98-74-79(72-94-81(86)66-60-54-48-44-43-46-52-58-64-76(6)10-4)100-83(88)67-61-55-49-41-37-33-28-26-24-22-20-18-16-14-12-8-2/h75-79,84H,7-74H2,1-6H3,(H,89,90)(H,91,92)/t75?,76?,77-,78-,79-/m1/s1. The van der Waals surface area contributed by atoms with E-state index in [1.54, 1.807) is 0 Å². The Labute approximate surface area is 626 Å². The normalized spacial score (nSPS) is 14.4. The zero-order valence-electron chi connectivity index (χ0n) is 66.9. The number of carbonyl (C=O) groups is 4. The lowest BCUT2D eigenvalue weighted by Gasteiger charge is -2.21. The number of ether oxygens (including phenoxy) is 4. The van der Waals surface area contributed by atoms with E-state index in [0.29, 0.717) is 25.7 Å². The van der Waals surface area contributed by atoms with Crippen LogP contribution in [0.2, 0.25) is 0 Å². The largest absolute Gasteiger partial charge is 0.472 e. The molecule has 102 heavy (non-hydrogen) atoms. The molecule has 0 saturated carbocycles. The molecule has 0 aliphatic carbocycles. The highest BCUT2D eigenvalue weighted by atomic mass is 31.2. The lowest BCUT2D eigenvalue weighted by atomic mass is 9.99. The highest BCUT2D eigenvalue weighted by Gasteiger charge is 2.30. The molecule has 7 atom stereocenters. The third-order valence-corrected chi connectivity index (χ3v) is 22.1.